The number of aromatic nitrogens is 1. The zero-order valence-electron chi connectivity index (χ0n) is 8.39. The Labute approximate surface area is 93.4 Å². The molecule has 0 spiro atoms. The highest BCUT2D eigenvalue weighted by Gasteiger charge is 2.37. The molecule has 15 heavy (non-hydrogen) atoms. The summed E-state index contributed by atoms with van der Waals surface area (Å²) in [5.74, 6) is 0. The van der Waals surface area contributed by atoms with Gasteiger partial charge in [0.1, 0.15) is 0 Å². The molecule has 2 nitrogen and oxygen atoms in total. The summed E-state index contributed by atoms with van der Waals surface area (Å²) in [6.07, 6.45) is 5.08. The second-order valence-electron chi connectivity index (χ2n) is 4.56. The minimum atomic E-state index is 0.0659. The fourth-order valence-electron chi connectivity index (χ4n) is 1.99. The summed E-state index contributed by atoms with van der Waals surface area (Å²) in [6.45, 7) is 0. The molecule has 0 saturated heterocycles. The van der Waals surface area contributed by atoms with Gasteiger partial charge in [0.15, 0.2) is 0 Å². The van der Waals surface area contributed by atoms with Gasteiger partial charge in [0.05, 0.1) is 5.02 Å². The van der Waals surface area contributed by atoms with Crippen LogP contribution in [0.3, 0.4) is 0 Å². The molecule has 0 radical (unpaired) electrons. The number of hydrogen-bond acceptors (Lipinski definition) is 1. The minimum absolute atomic E-state index is 0.0659. The van der Waals surface area contributed by atoms with Gasteiger partial charge in [0, 0.05) is 22.6 Å². The SMILES string of the molecule is NC1(Cc2ccc3[nH]cc(Cl)c3c2)CC1. The highest BCUT2D eigenvalue weighted by atomic mass is 35.5. The first kappa shape index (κ1) is 9.25. The molecule has 0 atom stereocenters. The van der Waals surface area contributed by atoms with Gasteiger partial charge in [-0.15, -0.1) is 0 Å². The van der Waals surface area contributed by atoms with Gasteiger partial charge in [0.2, 0.25) is 0 Å². The Balaban J connectivity index is 2.01. The van der Waals surface area contributed by atoms with Crippen molar-refractivity contribution < 1.29 is 0 Å². The van der Waals surface area contributed by atoms with E-state index in [4.69, 9.17) is 17.3 Å². The molecule has 3 heteroatoms. The van der Waals surface area contributed by atoms with Gasteiger partial charge in [-0.2, -0.15) is 0 Å². The molecule has 2 aromatic rings. The lowest BCUT2D eigenvalue weighted by Crippen LogP contribution is -2.24. The number of benzene rings is 1. The van der Waals surface area contributed by atoms with E-state index in [9.17, 15) is 0 Å². The number of aromatic amines is 1. The van der Waals surface area contributed by atoms with Crippen LogP contribution in [-0.4, -0.2) is 10.5 Å². The second kappa shape index (κ2) is 3.00. The molecule has 1 aromatic heterocycles. The van der Waals surface area contributed by atoms with Crippen molar-refractivity contribution in [2.75, 3.05) is 0 Å². The molecule has 1 heterocycles. The van der Waals surface area contributed by atoms with E-state index in [1.165, 1.54) is 5.56 Å². The Morgan fingerprint density at radius 2 is 2.20 bits per heavy atom. The van der Waals surface area contributed by atoms with E-state index in [2.05, 4.69) is 23.2 Å². The van der Waals surface area contributed by atoms with Gasteiger partial charge in [-0.05, 0) is 37.0 Å². The van der Waals surface area contributed by atoms with Crippen molar-refractivity contribution in [3.63, 3.8) is 0 Å². The largest absolute Gasteiger partial charge is 0.360 e. The fraction of sp³-hybridized carbons (Fsp3) is 0.333. The number of nitrogens with one attached hydrogen (secondary N) is 1. The van der Waals surface area contributed by atoms with E-state index in [0.717, 1.165) is 35.2 Å². The summed E-state index contributed by atoms with van der Waals surface area (Å²) < 4.78 is 0. The number of rotatable bonds is 2. The Morgan fingerprint density at radius 1 is 1.40 bits per heavy atom. The van der Waals surface area contributed by atoms with Crippen molar-refractivity contribution in [2.45, 2.75) is 24.8 Å². The first-order valence-electron chi connectivity index (χ1n) is 5.21. The average Bonchev–Trinajstić information content (AvgIpc) is 2.82. The predicted molar refractivity (Wildman–Crippen MR) is 63.2 cm³/mol. The topological polar surface area (TPSA) is 41.8 Å². The van der Waals surface area contributed by atoms with Crippen LogP contribution in [0.25, 0.3) is 10.9 Å². The zero-order valence-corrected chi connectivity index (χ0v) is 9.14. The highest BCUT2D eigenvalue weighted by molar-refractivity contribution is 6.35. The van der Waals surface area contributed by atoms with Gasteiger partial charge in [-0.1, -0.05) is 17.7 Å². The van der Waals surface area contributed by atoms with Crippen LogP contribution in [0.2, 0.25) is 5.02 Å². The third-order valence-corrected chi connectivity index (χ3v) is 3.46. The van der Waals surface area contributed by atoms with Crippen LogP contribution in [0, 0.1) is 0 Å². The quantitative estimate of drug-likeness (QED) is 0.803. The summed E-state index contributed by atoms with van der Waals surface area (Å²) in [6, 6.07) is 6.34. The molecule has 1 aliphatic rings. The molecule has 1 fully saturated rings. The van der Waals surface area contributed by atoms with Crippen molar-refractivity contribution >= 4 is 22.5 Å². The maximum absolute atomic E-state index is 6.10. The number of H-pyrrole nitrogens is 1. The number of halogens is 1. The second-order valence-corrected chi connectivity index (χ2v) is 4.96. The molecule has 78 valence electrons. The van der Waals surface area contributed by atoms with Crippen molar-refractivity contribution in [1.82, 2.24) is 4.98 Å². The van der Waals surface area contributed by atoms with Crippen LogP contribution in [0.1, 0.15) is 18.4 Å². The molecule has 1 aromatic carbocycles. The van der Waals surface area contributed by atoms with E-state index in [1.807, 2.05) is 6.20 Å². The number of fused-ring (bicyclic) bond motifs is 1. The van der Waals surface area contributed by atoms with E-state index in [-0.39, 0.29) is 5.54 Å². The van der Waals surface area contributed by atoms with Crippen LogP contribution >= 0.6 is 11.6 Å². The molecule has 3 rings (SSSR count). The Morgan fingerprint density at radius 3 is 2.93 bits per heavy atom. The molecule has 0 amide bonds. The van der Waals surface area contributed by atoms with Crippen LogP contribution in [0.4, 0.5) is 0 Å². The molecule has 1 aliphatic carbocycles. The first-order valence-corrected chi connectivity index (χ1v) is 5.59. The maximum atomic E-state index is 6.10. The molecule has 0 bridgehead atoms. The average molecular weight is 221 g/mol. The summed E-state index contributed by atoms with van der Waals surface area (Å²) in [4.78, 5) is 3.13. The molecule has 3 N–H and O–H groups in total. The Kier molecular flexibility index (Phi) is 1.85. The predicted octanol–water partition coefficient (Wildman–Crippen LogP) is 2.86. The van der Waals surface area contributed by atoms with Crippen molar-refractivity contribution in [1.29, 1.82) is 0 Å². The Bertz CT molecular complexity index is 511. The first-order chi connectivity index (χ1) is 7.16. The van der Waals surface area contributed by atoms with Crippen LogP contribution in [-0.2, 0) is 6.42 Å². The van der Waals surface area contributed by atoms with Crippen LogP contribution in [0.15, 0.2) is 24.4 Å². The van der Waals surface area contributed by atoms with Crippen LogP contribution in [0.5, 0.6) is 0 Å². The number of hydrogen-bond donors (Lipinski definition) is 2. The zero-order chi connectivity index (χ0) is 10.5. The van der Waals surface area contributed by atoms with Crippen molar-refractivity contribution in [2.24, 2.45) is 5.73 Å². The standard InChI is InChI=1S/C12H13ClN2/c13-10-7-15-11-2-1-8(5-9(10)11)6-12(14)3-4-12/h1-2,5,7,15H,3-4,6,14H2. The van der Waals surface area contributed by atoms with E-state index in [0.29, 0.717) is 0 Å². The van der Waals surface area contributed by atoms with E-state index in [1.54, 1.807) is 0 Å². The Hall–Kier alpha value is -0.990. The molecular weight excluding hydrogens is 208 g/mol. The summed E-state index contributed by atoms with van der Waals surface area (Å²) >= 11 is 6.07. The smallest absolute Gasteiger partial charge is 0.0659 e. The van der Waals surface area contributed by atoms with Gasteiger partial charge in [0.25, 0.3) is 0 Å². The maximum Gasteiger partial charge on any atom is 0.0659 e. The van der Waals surface area contributed by atoms with Crippen LogP contribution < -0.4 is 5.73 Å². The fourth-order valence-corrected chi connectivity index (χ4v) is 2.20. The van der Waals surface area contributed by atoms with Crippen molar-refractivity contribution in [3.8, 4) is 0 Å². The van der Waals surface area contributed by atoms with Gasteiger partial charge in [-0.3, -0.25) is 0 Å². The van der Waals surface area contributed by atoms with E-state index >= 15 is 0 Å². The minimum Gasteiger partial charge on any atom is -0.360 e. The third kappa shape index (κ3) is 1.64. The number of nitrogens with two attached hydrogens (primary N) is 1. The lowest BCUT2D eigenvalue weighted by Gasteiger charge is -2.08. The third-order valence-electron chi connectivity index (χ3n) is 3.14. The lowest BCUT2D eigenvalue weighted by molar-refractivity contribution is 0.673. The van der Waals surface area contributed by atoms with Gasteiger partial charge in [-0.25, -0.2) is 0 Å². The summed E-state index contributed by atoms with van der Waals surface area (Å²) in [5, 5.41) is 1.88. The van der Waals surface area contributed by atoms with E-state index < -0.39 is 0 Å². The van der Waals surface area contributed by atoms with Gasteiger partial charge < -0.3 is 10.7 Å². The van der Waals surface area contributed by atoms with Gasteiger partial charge >= 0.3 is 0 Å². The monoisotopic (exact) mass is 220 g/mol. The van der Waals surface area contributed by atoms with Crippen molar-refractivity contribution in [3.05, 3.63) is 35.0 Å². The molecule has 1 saturated carbocycles. The summed E-state index contributed by atoms with van der Waals surface area (Å²) in [7, 11) is 0. The molecular formula is C12H13ClN2. The lowest BCUT2D eigenvalue weighted by atomic mass is 10.0. The normalized spacial score (nSPS) is 18.3. The highest BCUT2D eigenvalue weighted by Crippen LogP contribution is 2.36. The molecule has 0 unspecified atom stereocenters. The summed E-state index contributed by atoms with van der Waals surface area (Å²) in [5.41, 5.74) is 8.53. The molecule has 0 aliphatic heterocycles.